The lowest BCUT2D eigenvalue weighted by Crippen LogP contribution is -2.54. The molecule has 2 atom stereocenters. The average molecular weight is 468 g/mol. The van der Waals surface area contributed by atoms with Gasteiger partial charge in [0.15, 0.2) is 11.5 Å². The largest absolute Gasteiger partial charge is 0.367 e. The first-order valence-electron chi connectivity index (χ1n) is 10.7. The van der Waals surface area contributed by atoms with E-state index in [1.54, 1.807) is 31.6 Å². The van der Waals surface area contributed by atoms with Crippen LogP contribution in [0, 0.1) is 12.7 Å². The average Bonchev–Trinajstić information content (AvgIpc) is 3.18. The number of rotatable bonds is 3. The normalized spacial score (nSPS) is 18.8. The molecule has 170 valence electrons. The van der Waals surface area contributed by atoms with Gasteiger partial charge >= 0.3 is 0 Å². The van der Waals surface area contributed by atoms with Crippen molar-refractivity contribution in [3.05, 3.63) is 59.0 Å². The molecule has 2 N–H and O–H groups in total. The van der Waals surface area contributed by atoms with Crippen LogP contribution in [0.5, 0.6) is 0 Å². The predicted molar refractivity (Wildman–Crippen MR) is 127 cm³/mol. The fourth-order valence-corrected chi connectivity index (χ4v) is 4.71. The molecular formula is C23H23ClFN7O. The fraction of sp³-hybridized carbons (Fsp3) is 0.304. The molecule has 1 amide bonds. The minimum Gasteiger partial charge on any atom is -0.367 e. The second-order valence-corrected chi connectivity index (χ2v) is 8.84. The number of aryl methyl sites for hydroxylation is 1. The minimum absolute atomic E-state index is 0.107. The maximum Gasteiger partial charge on any atom is 0.258 e. The van der Waals surface area contributed by atoms with Crippen molar-refractivity contribution in [3.8, 4) is 0 Å². The zero-order chi connectivity index (χ0) is 23.3. The summed E-state index contributed by atoms with van der Waals surface area (Å²) in [5.41, 5.74) is 3.25. The Labute approximate surface area is 194 Å². The molecular weight excluding hydrogens is 445 g/mol. The number of hydrogen-bond acceptors (Lipinski definition) is 6. The minimum atomic E-state index is -0.579. The van der Waals surface area contributed by atoms with Crippen LogP contribution in [0.3, 0.4) is 0 Å². The van der Waals surface area contributed by atoms with Gasteiger partial charge in [0.1, 0.15) is 16.2 Å². The number of nitrogens with zero attached hydrogens (tertiary/aromatic N) is 5. The Bertz CT molecular complexity index is 1380. The van der Waals surface area contributed by atoms with Gasteiger partial charge < -0.3 is 15.5 Å². The summed E-state index contributed by atoms with van der Waals surface area (Å²) >= 11 is 6.43. The van der Waals surface area contributed by atoms with Crippen molar-refractivity contribution in [2.45, 2.75) is 32.9 Å². The van der Waals surface area contributed by atoms with E-state index in [-0.39, 0.29) is 16.5 Å². The highest BCUT2D eigenvalue weighted by molar-refractivity contribution is 6.33. The SMILES string of the molecule is Cc1cn2c(Cl)c(NC(=O)c3ccc(N4C[C@@H](C)N[C@H](C)C4)c4nccnc34)cc(F)c2n1. The number of hydrogen-bond donors (Lipinski definition) is 2. The summed E-state index contributed by atoms with van der Waals surface area (Å²) in [7, 11) is 0. The van der Waals surface area contributed by atoms with Crippen LogP contribution in [-0.2, 0) is 0 Å². The number of carbonyl (C=O) groups is 1. The van der Waals surface area contributed by atoms with E-state index < -0.39 is 11.7 Å². The van der Waals surface area contributed by atoms with Gasteiger partial charge in [0.05, 0.1) is 22.6 Å². The van der Waals surface area contributed by atoms with E-state index >= 15 is 0 Å². The van der Waals surface area contributed by atoms with Crippen LogP contribution in [0.2, 0.25) is 5.15 Å². The number of imidazole rings is 1. The number of anilines is 2. The fourth-order valence-electron chi connectivity index (χ4n) is 4.48. The quantitative estimate of drug-likeness (QED) is 0.445. The smallest absolute Gasteiger partial charge is 0.258 e. The van der Waals surface area contributed by atoms with Crippen molar-refractivity contribution in [3.63, 3.8) is 0 Å². The van der Waals surface area contributed by atoms with Gasteiger partial charge in [-0.1, -0.05) is 11.6 Å². The second kappa shape index (κ2) is 8.24. The number of benzene rings is 1. The van der Waals surface area contributed by atoms with Crippen molar-refractivity contribution in [1.82, 2.24) is 24.7 Å². The van der Waals surface area contributed by atoms with E-state index in [0.717, 1.165) is 18.8 Å². The number of nitrogens with one attached hydrogen (secondary N) is 2. The molecule has 0 saturated carbocycles. The molecule has 1 aliphatic rings. The Kier molecular flexibility index (Phi) is 5.38. The van der Waals surface area contributed by atoms with Gasteiger partial charge in [-0.3, -0.25) is 19.2 Å². The van der Waals surface area contributed by atoms with Gasteiger partial charge in [-0.05, 0) is 32.9 Å². The van der Waals surface area contributed by atoms with E-state index in [4.69, 9.17) is 11.6 Å². The van der Waals surface area contributed by atoms with Crippen molar-refractivity contribution in [1.29, 1.82) is 0 Å². The molecule has 5 rings (SSSR count). The maximum absolute atomic E-state index is 14.5. The molecule has 33 heavy (non-hydrogen) atoms. The van der Waals surface area contributed by atoms with Crippen LogP contribution in [0.4, 0.5) is 15.8 Å². The molecule has 4 heterocycles. The highest BCUT2D eigenvalue weighted by Gasteiger charge is 2.25. The molecule has 1 aliphatic heterocycles. The van der Waals surface area contributed by atoms with Crippen LogP contribution in [-0.4, -0.2) is 50.4 Å². The van der Waals surface area contributed by atoms with E-state index in [0.29, 0.717) is 34.4 Å². The van der Waals surface area contributed by atoms with Crippen LogP contribution >= 0.6 is 11.6 Å². The van der Waals surface area contributed by atoms with Crippen LogP contribution < -0.4 is 15.5 Å². The predicted octanol–water partition coefficient (Wildman–Crippen LogP) is 3.82. The molecule has 0 spiro atoms. The Hall–Kier alpha value is -3.30. The zero-order valence-corrected chi connectivity index (χ0v) is 19.2. The van der Waals surface area contributed by atoms with Gasteiger partial charge in [-0.2, -0.15) is 0 Å². The number of piperazine rings is 1. The van der Waals surface area contributed by atoms with Crippen molar-refractivity contribution in [2.24, 2.45) is 0 Å². The zero-order valence-electron chi connectivity index (χ0n) is 18.4. The topological polar surface area (TPSA) is 87.5 Å². The lowest BCUT2D eigenvalue weighted by atomic mass is 10.1. The summed E-state index contributed by atoms with van der Waals surface area (Å²) in [6, 6.07) is 5.43. The molecule has 0 aliphatic carbocycles. The summed E-state index contributed by atoms with van der Waals surface area (Å²) in [6.45, 7) is 7.66. The third-order valence-corrected chi connectivity index (χ3v) is 6.13. The van der Waals surface area contributed by atoms with Crippen LogP contribution in [0.1, 0.15) is 29.9 Å². The van der Waals surface area contributed by atoms with Gasteiger partial charge in [0, 0.05) is 49.8 Å². The number of halogens is 2. The number of aromatic nitrogens is 4. The molecule has 1 saturated heterocycles. The van der Waals surface area contributed by atoms with E-state index in [1.807, 2.05) is 6.07 Å². The number of amides is 1. The highest BCUT2D eigenvalue weighted by atomic mass is 35.5. The summed E-state index contributed by atoms with van der Waals surface area (Å²) in [6.07, 6.45) is 4.78. The molecule has 3 aromatic heterocycles. The summed E-state index contributed by atoms with van der Waals surface area (Å²) in [5, 5.41) is 6.40. The standard InChI is InChI=1S/C23H23ClFN7O/c1-12-9-31(10-13(2)28-12)18-5-4-15(19-20(18)27-7-6-26-19)23(33)30-17-8-16(25)22-29-14(3)11-32(22)21(17)24/h4-8,11-13,28H,9-10H2,1-3H3,(H,30,33)/t12-,13-/m1/s1. The molecule has 4 aromatic rings. The number of carbonyl (C=O) groups excluding carboxylic acids is 1. The number of fused-ring (bicyclic) bond motifs is 2. The Morgan fingerprint density at radius 2 is 1.88 bits per heavy atom. The third kappa shape index (κ3) is 3.87. The summed E-state index contributed by atoms with van der Waals surface area (Å²) < 4.78 is 16.0. The van der Waals surface area contributed by atoms with Gasteiger partial charge in [-0.15, -0.1) is 0 Å². The molecule has 1 aromatic carbocycles. The Morgan fingerprint density at radius 1 is 1.18 bits per heavy atom. The second-order valence-electron chi connectivity index (χ2n) is 8.49. The van der Waals surface area contributed by atoms with Crippen LogP contribution in [0.15, 0.2) is 36.8 Å². The maximum atomic E-state index is 14.5. The Balaban J connectivity index is 1.53. The molecule has 0 unspecified atom stereocenters. The van der Waals surface area contributed by atoms with E-state index in [2.05, 4.69) is 44.3 Å². The summed E-state index contributed by atoms with van der Waals surface area (Å²) in [5.74, 6) is -1.03. The van der Waals surface area contributed by atoms with Crippen LogP contribution in [0.25, 0.3) is 16.7 Å². The highest BCUT2D eigenvalue weighted by Crippen LogP contribution is 2.30. The monoisotopic (exact) mass is 467 g/mol. The molecule has 1 fully saturated rings. The van der Waals surface area contributed by atoms with E-state index in [1.165, 1.54) is 10.5 Å². The van der Waals surface area contributed by atoms with E-state index in [9.17, 15) is 9.18 Å². The van der Waals surface area contributed by atoms with Crippen molar-refractivity contribution < 1.29 is 9.18 Å². The first-order chi connectivity index (χ1) is 15.8. The first-order valence-corrected chi connectivity index (χ1v) is 11.1. The molecule has 0 bridgehead atoms. The van der Waals surface area contributed by atoms with Gasteiger partial charge in [-0.25, -0.2) is 9.37 Å². The van der Waals surface area contributed by atoms with Crippen molar-refractivity contribution >= 4 is 45.6 Å². The lowest BCUT2D eigenvalue weighted by molar-refractivity contribution is 0.102. The van der Waals surface area contributed by atoms with Gasteiger partial charge in [0.25, 0.3) is 5.91 Å². The van der Waals surface area contributed by atoms with Gasteiger partial charge in [0.2, 0.25) is 0 Å². The molecule has 8 nitrogen and oxygen atoms in total. The third-order valence-electron chi connectivity index (χ3n) is 5.74. The lowest BCUT2D eigenvalue weighted by Gasteiger charge is -2.38. The van der Waals surface area contributed by atoms with Crippen molar-refractivity contribution in [2.75, 3.05) is 23.3 Å². The molecule has 10 heteroatoms. The first kappa shape index (κ1) is 21.5. The summed E-state index contributed by atoms with van der Waals surface area (Å²) in [4.78, 5) is 28.6. The number of pyridine rings is 1. The Morgan fingerprint density at radius 3 is 2.61 bits per heavy atom. The molecule has 0 radical (unpaired) electrons.